The van der Waals surface area contributed by atoms with E-state index >= 15 is 0 Å². The minimum Gasteiger partial charge on any atom is -0.395 e. The minimum absolute atomic E-state index is 0.0545. The van der Waals surface area contributed by atoms with Gasteiger partial charge in [0.15, 0.2) is 9.84 Å². The molecule has 0 radical (unpaired) electrons. The zero-order valence-corrected chi connectivity index (χ0v) is 18.6. The summed E-state index contributed by atoms with van der Waals surface area (Å²) in [6.45, 7) is -0.642. The predicted octanol–water partition coefficient (Wildman–Crippen LogP) is 3.31. The zero-order valence-electron chi connectivity index (χ0n) is 16.2. The van der Waals surface area contributed by atoms with Gasteiger partial charge in [0.1, 0.15) is 22.7 Å². The molecule has 0 bridgehead atoms. The molecule has 0 fully saturated rings. The van der Waals surface area contributed by atoms with E-state index in [9.17, 15) is 25.6 Å². The van der Waals surface area contributed by atoms with Crippen LogP contribution in [0, 0.1) is 11.6 Å². The quantitative estimate of drug-likeness (QED) is 0.488. The first-order valence-electron chi connectivity index (χ1n) is 9.05. The number of nitrogens with zero attached hydrogens (tertiary/aromatic N) is 1. The molecule has 0 amide bonds. The SMILES string of the molecule is O=S(=O)(CCO)Nc1cc(C(c2cc(F)ccc2F)S(=O)(=O)c2ccc(Cl)cc2)ccn1. The highest BCUT2D eigenvalue weighted by Crippen LogP contribution is 2.37. The summed E-state index contributed by atoms with van der Waals surface area (Å²) in [5.74, 6) is -2.67. The molecule has 3 rings (SSSR count). The van der Waals surface area contributed by atoms with Crippen LogP contribution in [0.3, 0.4) is 0 Å². The Morgan fingerprint density at radius 1 is 1.00 bits per heavy atom. The number of aliphatic hydroxyl groups excluding tert-OH is 1. The van der Waals surface area contributed by atoms with E-state index in [0.717, 1.165) is 30.5 Å². The van der Waals surface area contributed by atoms with Crippen LogP contribution in [-0.2, 0) is 19.9 Å². The summed E-state index contributed by atoms with van der Waals surface area (Å²) in [4.78, 5) is 3.64. The third-order valence-electron chi connectivity index (χ3n) is 4.40. The highest BCUT2D eigenvalue weighted by atomic mass is 35.5. The molecular weight excluding hydrogens is 486 g/mol. The van der Waals surface area contributed by atoms with Gasteiger partial charge in [-0.05, 0) is 60.2 Å². The van der Waals surface area contributed by atoms with Crippen molar-refractivity contribution in [1.82, 2.24) is 4.98 Å². The monoisotopic (exact) mass is 502 g/mol. The van der Waals surface area contributed by atoms with Gasteiger partial charge in [0, 0.05) is 16.8 Å². The number of sulfonamides is 1. The fourth-order valence-electron chi connectivity index (χ4n) is 3.00. The number of sulfone groups is 1. The summed E-state index contributed by atoms with van der Waals surface area (Å²) >= 11 is 5.83. The average molecular weight is 503 g/mol. The topological polar surface area (TPSA) is 113 Å². The molecule has 1 aromatic heterocycles. The number of hydrogen-bond acceptors (Lipinski definition) is 6. The Bertz CT molecular complexity index is 1330. The smallest absolute Gasteiger partial charge is 0.236 e. The molecule has 0 aliphatic rings. The van der Waals surface area contributed by atoms with E-state index in [-0.39, 0.29) is 21.3 Å². The minimum atomic E-state index is -4.34. The zero-order chi connectivity index (χ0) is 23.5. The fourth-order valence-corrected chi connectivity index (χ4v) is 5.70. The number of anilines is 1. The maximum absolute atomic E-state index is 14.7. The Kier molecular flexibility index (Phi) is 7.13. The van der Waals surface area contributed by atoms with Gasteiger partial charge in [-0.3, -0.25) is 4.72 Å². The van der Waals surface area contributed by atoms with E-state index in [2.05, 4.69) is 9.71 Å². The number of aromatic nitrogens is 1. The molecular formula is C20H17ClF2N2O5S2. The number of rotatable bonds is 8. The molecule has 7 nitrogen and oxygen atoms in total. The van der Waals surface area contributed by atoms with E-state index in [0.29, 0.717) is 0 Å². The van der Waals surface area contributed by atoms with Crippen LogP contribution in [0.25, 0.3) is 0 Å². The Balaban J connectivity index is 2.19. The lowest BCUT2D eigenvalue weighted by atomic mass is 10.0. The van der Waals surface area contributed by atoms with E-state index < -0.39 is 54.7 Å². The van der Waals surface area contributed by atoms with Crippen LogP contribution in [0.5, 0.6) is 0 Å². The normalized spacial score (nSPS) is 13.0. The van der Waals surface area contributed by atoms with Gasteiger partial charge in [0.2, 0.25) is 10.0 Å². The predicted molar refractivity (Wildman–Crippen MR) is 116 cm³/mol. The lowest BCUT2D eigenvalue weighted by Crippen LogP contribution is -2.21. The van der Waals surface area contributed by atoms with Gasteiger partial charge in [-0.15, -0.1) is 0 Å². The molecule has 2 N–H and O–H groups in total. The average Bonchev–Trinajstić information content (AvgIpc) is 2.71. The number of halogens is 3. The van der Waals surface area contributed by atoms with Gasteiger partial charge in [-0.25, -0.2) is 30.6 Å². The lowest BCUT2D eigenvalue weighted by molar-refractivity contribution is 0.320. The van der Waals surface area contributed by atoms with Gasteiger partial charge >= 0.3 is 0 Å². The van der Waals surface area contributed by atoms with Crippen molar-refractivity contribution < 1.29 is 30.7 Å². The molecule has 0 saturated carbocycles. The number of pyridine rings is 1. The maximum Gasteiger partial charge on any atom is 0.236 e. The molecule has 0 aliphatic carbocycles. The van der Waals surface area contributed by atoms with Crippen molar-refractivity contribution in [3.8, 4) is 0 Å². The Morgan fingerprint density at radius 3 is 2.34 bits per heavy atom. The van der Waals surface area contributed by atoms with Crippen LogP contribution in [-0.4, -0.2) is 39.3 Å². The number of benzene rings is 2. The van der Waals surface area contributed by atoms with E-state index in [1.165, 1.54) is 30.3 Å². The Labute approximate surface area is 188 Å². The van der Waals surface area contributed by atoms with Gasteiger partial charge in [0.05, 0.1) is 17.3 Å². The van der Waals surface area contributed by atoms with Crippen molar-refractivity contribution in [2.24, 2.45) is 0 Å². The Hall–Kier alpha value is -2.60. The van der Waals surface area contributed by atoms with Gasteiger partial charge in [0.25, 0.3) is 0 Å². The van der Waals surface area contributed by atoms with Crippen LogP contribution in [0.1, 0.15) is 16.4 Å². The van der Waals surface area contributed by atoms with Gasteiger partial charge < -0.3 is 5.11 Å². The highest BCUT2D eigenvalue weighted by molar-refractivity contribution is 7.92. The van der Waals surface area contributed by atoms with Crippen LogP contribution < -0.4 is 4.72 Å². The van der Waals surface area contributed by atoms with Crippen molar-refractivity contribution >= 4 is 37.3 Å². The summed E-state index contributed by atoms with van der Waals surface area (Å²) in [6.07, 6.45) is 1.13. The summed E-state index contributed by atoms with van der Waals surface area (Å²) < 4.78 is 81.6. The molecule has 2 aromatic carbocycles. The first-order valence-corrected chi connectivity index (χ1v) is 12.6. The Morgan fingerprint density at radius 2 is 1.69 bits per heavy atom. The fraction of sp³-hybridized carbons (Fsp3) is 0.150. The van der Waals surface area contributed by atoms with Gasteiger partial charge in [-0.1, -0.05) is 11.6 Å². The maximum atomic E-state index is 14.7. The number of aliphatic hydroxyl groups is 1. The number of nitrogens with one attached hydrogen (secondary N) is 1. The lowest BCUT2D eigenvalue weighted by Gasteiger charge is -2.20. The molecule has 1 unspecified atom stereocenters. The molecule has 3 aromatic rings. The molecule has 0 saturated heterocycles. The third-order valence-corrected chi connectivity index (χ3v) is 7.97. The van der Waals surface area contributed by atoms with Crippen LogP contribution in [0.2, 0.25) is 5.02 Å². The molecule has 1 heterocycles. The first-order chi connectivity index (χ1) is 15.0. The van der Waals surface area contributed by atoms with Crippen molar-refractivity contribution in [3.63, 3.8) is 0 Å². The molecule has 170 valence electrons. The molecule has 1 atom stereocenters. The van der Waals surface area contributed by atoms with E-state index in [1.54, 1.807) is 0 Å². The second-order valence-corrected chi connectivity index (χ2v) is 11.0. The summed E-state index contributed by atoms with van der Waals surface area (Å²) in [5, 5.41) is 7.44. The van der Waals surface area contributed by atoms with Crippen LogP contribution >= 0.6 is 11.6 Å². The van der Waals surface area contributed by atoms with Gasteiger partial charge in [-0.2, -0.15) is 0 Å². The summed E-state index contributed by atoms with van der Waals surface area (Å²) in [7, 11) is -8.30. The van der Waals surface area contributed by atoms with E-state index in [4.69, 9.17) is 16.7 Å². The standard InChI is InChI=1S/C20H17ClF2N2O5S2/c21-14-1-4-16(5-2-14)32(29,30)20(17-12-15(22)3-6-18(17)23)13-7-8-24-19(11-13)25-31(27,28)10-9-26/h1-8,11-12,20,26H,9-10H2,(H,24,25). The number of hydrogen-bond donors (Lipinski definition) is 2. The highest BCUT2D eigenvalue weighted by Gasteiger charge is 2.34. The van der Waals surface area contributed by atoms with Crippen LogP contribution in [0.15, 0.2) is 65.7 Å². The largest absolute Gasteiger partial charge is 0.395 e. The first kappa shape index (κ1) is 24.1. The second-order valence-electron chi connectivity index (χ2n) is 6.66. The summed E-state index contributed by atoms with van der Waals surface area (Å²) in [5.41, 5.74) is -0.517. The molecule has 0 aliphatic heterocycles. The summed E-state index contributed by atoms with van der Waals surface area (Å²) in [6, 6.07) is 9.94. The van der Waals surface area contributed by atoms with Crippen molar-refractivity contribution in [1.29, 1.82) is 0 Å². The second kappa shape index (κ2) is 9.49. The van der Waals surface area contributed by atoms with Crippen LogP contribution in [0.4, 0.5) is 14.6 Å². The third kappa shape index (κ3) is 5.41. The van der Waals surface area contributed by atoms with Crippen molar-refractivity contribution in [2.45, 2.75) is 10.1 Å². The van der Waals surface area contributed by atoms with Crippen molar-refractivity contribution in [2.75, 3.05) is 17.1 Å². The van der Waals surface area contributed by atoms with Crippen molar-refractivity contribution in [3.05, 3.63) is 88.6 Å². The van der Waals surface area contributed by atoms with E-state index in [1.807, 2.05) is 0 Å². The molecule has 0 spiro atoms. The molecule has 32 heavy (non-hydrogen) atoms. The molecule has 12 heteroatoms.